The quantitative estimate of drug-likeness (QED) is 0.791. The molecule has 2 aliphatic heterocycles. The Morgan fingerprint density at radius 2 is 2.15 bits per heavy atom. The SMILES string of the molecule is O=C1C2COCCC2=NN1c1ccc(C(F)(F)F)cn1. The van der Waals surface area contributed by atoms with E-state index in [1.807, 2.05) is 0 Å². The highest BCUT2D eigenvalue weighted by Gasteiger charge is 2.39. The predicted octanol–water partition coefficient (Wildman–Crippen LogP) is 1.84. The van der Waals surface area contributed by atoms with Crippen LogP contribution in [-0.4, -0.2) is 29.8 Å². The highest BCUT2D eigenvalue weighted by molar-refractivity contribution is 6.15. The summed E-state index contributed by atoms with van der Waals surface area (Å²) in [6.45, 7) is 0.756. The minimum atomic E-state index is -4.45. The lowest BCUT2D eigenvalue weighted by atomic mass is 10.0. The van der Waals surface area contributed by atoms with Gasteiger partial charge >= 0.3 is 6.18 Å². The van der Waals surface area contributed by atoms with Gasteiger partial charge in [-0.2, -0.15) is 23.3 Å². The average Bonchev–Trinajstić information content (AvgIpc) is 2.76. The monoisotopic (exact) mass is 285 g/mol. The zero-order chi connectivity index (χ0) is 14.3. The lowest BCUT2D eigenvalue weighted by molar-refractivity contribution is -0.137. The number of carbonyl (C=O) groups excluding carboxylic acids is 1. The highest BCUT2D eigenvalue weighted by Crippen LogP contribution is 2.31. The van der Waals surface area contributed by atoms with Gasteiger partial charge in [-0.15, -0.1) is 0 Å². The van der Waals surface area contributed by atoms with Gasteiger partial charge in [0.15, 0.2) is 5.82 Å². The van der Waals surface area contributed by atoms with Gasteiger partial charge in [-0.05, 0) is 12.1 Å². The van der Waals surface area contributed by atoms with Crippen molar-refractivity contribution < 1.29 is 22.7 Å². The number of amides is 1. The van der Waals surface area contributed by atoms with Gasteiger partial charge in [-0.3, -0.25) is 4.79 Å². The molecular formula is C12H10F3N3O2. The van der Waals surface area contributed by atoms with Crippen LogP contribution < -0.4 is 5.01 Å². The van der Waals surface area contributed by atoms with E-state index in [4.69, 9.17) is 4.74 Å². The van der Waals surface area contributed by atoms with Crippen LogP contribution in [0.4, 0.5) is 19.0 Å². The second kappa shape index (κ2) is 4.55. The van der Waals surface area contributed by atoms with Gasteiger partial charge in [-0.1, -0.05) is 0 Å². The molecule has 1 saturated heterocycles. The maximum Gasteiger partial charge on any atom is 0.417 e. The standard InChI is InChI=1S/C12H10F3N3O2/c13-12(14,15)7-1-2-10(16-5-7)18-11(19)8-6-20-4-3-9(8)17-18/h1-2,5,8H,3-4,6H2. The first kappa shape index (κ1) is 13.0. The fourth-order valence-corrected chi connectivity index (χ4v) is 2.15. The first-order valence-corrected chi connectivity index (χ1v) is 5.99. The number of pyridine rings is 1. The Hall–Kier alpha value is -1.96. The Bertz CT molecular complexity index is 568. The molecule has 8 heteroatoms. The summed E-state index contributed by atoms with van der Waals surface area (Å²) in [6, 6.07) is 2.03. The molecule has 0 bridgehead atoms. The van der Waals surface area contributed by atoms with Gasteiger partial charge < -0.3 is 4.74 Å². The first-order valence-electron chi connectivity index (χ1n) is 5.99. The maximum atomic E-state index is 12.5. The fourth-order valence-electron chi connectivity index (χ4n) is 2.15. The number of aromatic nitrogens is 1. The van der Waals surface area contributed by atoms with E-state index in [2.05, 4.69) is 10.1 Å². The largest absolute Gasteiger partial charge is 0.417 e. The molecular weight excluding hydrogens is 275 g/mol. The van der Waals surface area contributed by atoms with Crippen LogP contribution in [0.2, 0.25) is 0 Å². The first-order chi connectivity index (χ1) is 9.47. The van der Waals surface area contributed by atoms with E-state index in [0.29, 0.717) is 24.9 Å². The summed E-state index contributed by atoms with van der Waals surface area (Å²) in [5.74, 6) is -0.662. The summed E-state index contributed by atoms with van der Waals surface area (Å²) in [7, 11) is 0. The van der Waals surface area contributed by atoms with Crippen molar-refractivity contribution in [2.75, 3.05) is 18.2 Å². The summed E-state index contributed by atoms with van der Waals surface area (Å²) in [5, 5.41) is 5.18. The molecule has 20 heavy (non-hydrogen) atoms. The van der Waals surface area contributed by atoms with Crippen molar-refractivity contribution in [3.05, 3.63) is 23.9 Å². The van der Waals surface area contributed by atoms with Crippen molar-refractivity contribution in [2.45, 2.75) is 12.6 Å². The van der Waals surface area contributed by atoms with Crippen LogP contribution >= 0.6 is 0 Å². The Morgan fingerprint density at radius 1 is 1.35 bits per heavy atom. The van der Waals surface area contributed by atoms with Crippen molar-refractivity contribution in [1.29, 1.82) is 0 Å². The number of nitrogens with zero attached hydrogens (tertiary/aromatic N) is 3. The normalized spacial score (nSPS) is 22.8. The summed E-state index contributed by atoms with van der Waals surface area (Å²) in [4.78, 5) is 15.8. The summed E-state index contributed by atoms with van der Waals surface area (Å²) in [5.41, 5.74) is -0.163. The van der Waals surface area contributed by atoms with Gasteiger partial charge in [0.1, 0.15) is 5.92 Å². The van der Waals surface area contributed by atoms with E-state index in [-0.39, 0.29) is 18.3 Å². The van der Waals surface area contributed by atoms with Gasteiger partial charge in [0, 0.05) is 12.6 Å². The third kappa shape index (κ3) is 2.15. The van der Waals surface area contributed by atoms with E-state index in [0.717, 1.165) is 17.1 Å². The molecule has 5 nitrogen and oxygen atoms in total. The number of halogens is 3. The number of anilines is 1. The van der Waals surface area contributed by atoms with Crippen LogP contribution in [0.1, 0.15) is 12.0 Å². The number of ether oxygens (including phenoxy) is 1. The lowest BCUT2D eigenvalue weighted by Crippen LogP contribution is -2.34. The lowest BCUT2D eigenvalue weighted by Gasteiger charge is -2.17. The molecule has 1 amide bonds. The molecule has 1 fully saturated rings. The molecule has 1 atom stereocenters. The summed E-state index contributed by atoms with van der Waals surface area (Å²) >= 11 is 0. The van der Waals surface area contributed by atoms with E-state index in [1.54, 1.807) is 0 Å². The van der Waals surface area contributed by atoms with Crippen LogP contribution in [0.3, 0.4) is 0 Å². The molecule has 2 aliphatic rings. The van der Waals surface area contributed by atoms with Gasteiger partial charge in [-0.25, -0.2) is 4.98 Å². The van der Waals surface area contributed by atoms with Crippen LogP contribution in [0.25, 0.3) is 0 Å². The topological polar surface area (TPSA) is 54.8 Å². The van der Waals surface area contributed by atoms with Gasteiger partial charge in [0.2, 0.25) is 0 Å². The van der Waals surface area contributed by atoms with Crippen LogP contribution in [-0.2, 0) is 15.7 Å². The Balaban J connectivity index is 1.87. The number of hydrogen-bond donors (Lipinski definition) is 0. The minimum Gasteiger partial charge on any atom is -0.380 e. The molecule has 1 aromatic rings. The number of fused-ring (bicyclic) bond motifs is 1. The molecule has 106 valence electrons. The third-order valence-corrected chi connectivity index (χ3v) is 3.22. The number of carbonyl (C=O) groups is 1. The zero-order valence-electron chi connectivity index (χ0n) is 10.2. The van der Waals surface area contributed by atoms with Crippen molar-refractivity contribution in [1.82, 2.24) is 4.98 Å². The highest BCUT2D eigenvalue weighted by atomic mass is 19.4. The fraction of sp³-hybridized carbons (Fsp3) is 0.417. The minimum absolute atomic E-state index is 0.0879. The number of alkyl halides is 3. The van der Waals surface area contributed by atoms with Crippen molar-refractivity contribution >= 4 is 17.4 Å². The van der Waals surface area contributed by atoms with Gasteiger partial charge in [0.05, 0.1) is 24.5 Å². The predicted molar refractivity (Wildman–Crippen MR) is 63.1 cm³/mol. The maximum absolute atomic E-state index is 12.5. The van der Waals surface area contributed by atoms with Crippen molar-refractivity contribution in [2.24, 2.45) is 11.0 Å². The Morgan fingerprint density at radius 3 is 2.75 bits per heavy atom. The van der Waals surface area contributed by atoms with E-state index in [9.17, 15) is 18.0 Å². The molecule has 3 rings (SSSR count). The summed E-state index contributed by atoms with van der Waals surface area (Å²) in [6.07, 6.45) is -3.21. The molecule has 1 aromatic heterocycles. The summed E-state index contributed by atoms with van der Waals surface area (Å²) < 4.78 is 42.6. The van der Waals surface area contributed by atoms with E-state index < -0.39 is 17.7 Å². The van der Waals surface area contributed by atoms with Crippen LogP contribution in [0, 0.1) is 5.92 Å². The second-order valence-electron chi connectivity index (χ2n) is 4.52. The Kier molecular flexibility index (Phi) is 2.97. The molecule has 0 spiro atoms. The molecule has 0 N–H and O–H groups in total. The molecule has 0 radical (unpaired) electrons. The van der Waals surface area contributed by atoms with Crippen molar-refractivity contribution in [3.8, 4) is 0 Å². The third-order valence-electron chi connectivity index (χ3n) is 3.22. The van der Waals surface area contributed by atoms with Crippen LogP contribution in [0.15, 0.2) is 23.4 Å². The van der Waals surface area contributed by atoms with Crippen molar-refractivity contribution in [3.63, 3.8) is 0 Å². The van der Waals surface area contributed by atoms with Gasteiger partial charge in [0.25, 0.3) is 5.91 Å². The average molecular weight is 285 g/mol. The Labute approximate surface area is 112 Å². The number of hydrazone groups is 1. The van der Waals surface area contributed by atoms with E-state index >= 15 is 0 Å². The van der Waals surface area contributed by atoms with E-state index in [1.165, 1.54) is 0 Å². The zero-order valence-corrected chi connectivity index (χ0v) is 10.2. The molecule has 0 aliphatic carbocycles. The molecule has 3 heterocycles. The molecule has 0 saturated carbocycles. The molecule has 1 unspecified atom stereocenters. The van der Waals surface area contributed by atoms with Crippen LogP contribution in [0.5, 0.6) is 0 Å². The second-order valence-corrected chi connectivity index (χ2v) is 4.52. The number of rotatable bonds is 1. The smallest absolute Gasteiger partial charge is 0.380 e. The number of hydrogen-bond acceptors (Lipinski definition) is 4. The molecule has 0 aromatic carbocycles.